The Labute approximate surface area is 131 Å². The molecule has 1 aromatic carbocycles. The Kier molecular flexibility index (Phi) is 10.6. The molecule has 5 heteroatoms. The van der Waals surface area contributed by atoms with Crippen molar-refractivity contribution < 1.29 is 4.92 Å². The van der Waals surface area contributed by atoms with E-state index in [1.54, 1.807) is 0 Å². The van der Waals surface area contributed by atoms with Crippen molar-refractivity contribution >= 4 is 17.2 Å². The quantitative estimate of drug-likeness (QED) is 0.472. The van der Waals surface area contributed by atoms with Crippen LogP contribution in [0.3, 0.4) is 0 Å². The van der Waals surface area contributed by atoms with Crippen LogP contribution >= 0.6 is 0 Å². The second kappa shape index (κ2) is 12.1. The van der Waals surface area contributed by atoms with E-state index >= 15 is 0 Å². The van der Waals surface area contributed by atoms with Crippen molar-refractivity contribution in [3.63, 3.8) is 0 Å². The van der Waals surface area contributed by atoms with Gasteiger partial charge in [-0.1, -0.05) is 44.2 Å². The topological polar surface area (TPSA) is 68.1 Å². The first-order chi connectivity index (χ1) is 10.7. The molecule has 22 heavy (non-hydrogen) atoms. The smallest absolute Gasteiger partial charge is 0.311 e. The number of rotatable bonds is 3. The Balaban J connectivity index is 0.000000640. The van der Waals surface area contributed by atoms with Gasteiger partial charge in [-0.05, 0) is 32.0 Å². The van der Waals surface area contributed by atoms with E-state index in [1.165, 1.54) is 18.3 Å². The number of nitrogens with one attached hydrogen (secondary N) is 1. The first-order valence-corrected chi connectivity index (χ1v) is 7.17. The van der Waals surface area contributed by atoms with Crippen molar-refractivity contribution in [2.24, 2.45) is 0 Å². The maximum absolute atomic E-state index is 10.7. The molecule has 0 atom stereocenters. The van der Waals surface area contributed by atoms with Gasteiger partial charge in [-0.3, -0.25) is 10.1 Å². The molecule has 1 aromatic heterocycles. The zero-order valence-electron chi connectivity index (χ0n) is 13.5. The number of nitrogens with zero attached hydrogens (tertiary/aromatic N) is 2. The first-order valence-electron chi connectivity index (χ1n) is 7.17. The Morgan fingerprint density at radius 1 is 1.05 bits per heavy atom. The summed E-state index contributed by atoms with van der Waals surface area (Å²) in [6.45, 7) is 8.00. The summed E-state index contributed by atoms with van der Waals surface area (Å²) in [5.41, 5.74) is 0.732. The number of pyridine rings is 1. The van der Waals surface area contributed by atoms with Gasteiger partial charge in [0.25, 0.3) is 0 Å². The molecule has 1 heterocycles. The molecule has 2 aromatic rings. The number of nitro groups is 1. The van der Waals surface area contributed by atoms with Crippen LogP contribution < -0.4 is 5.32 Å². The largest absolute Gasteiger partial charge is 0.334 e. The summed E-state index contributed by atoms with van der Waals surface area (Å²) in [6.07, 6.45) is 5.51. The molecular formula is C17H23N3O2. The predicted molar refractivity (Wildman–Crippen MR) is 92.5 cm³/mol. The molecule has 0 saturated heterocycles. The molecule has 0 bridgehead atoms. The van der Waals surface area contributed by atoms with E-state index in [4.69, 9.17) is 0 Å². The fourth-order valence-electron chi connectivity index (χ4n) is 1.30. The van der Waals surface area contributed by atoms with Gasteiger partial charge < -0.3 is 5.32 Å². The number of aromatic nitrogens is 1. The summed E-state index contributed by atoms with van der Waals surface area (Å²) < 4.78 is 0. The summed E-state index contributed by atoms with van der Waals surface area (Å²) in [4.78, 5) is 14.2. The van der Waals surface area contributed by atoms with Crippen LogP contribution in [0.2, 0.25) is 0 Å². The van der Waals surface area contributed by atoms with E-state index in [9.17, 15) is 10.1 Å². The highest BCUT2D eigenvalue weighted by Gasteiger charge is 2.13. The lowest BCUT2D eigenvalue weighted by molar-refractivity contribution is -0.384. The molecule has 0 fully saturated rings. The number of allylic oxidation sites excluding steroid dienone is 2. The third kappa shape index (κ3) is 7.19. The van der Waals surface area contributed by atoms with E-state index in [-0.39, 0.29) is 11.5 Å². The molecule has 0 saturated carbocycles. The Bertz CT molecular complexity index is 565. The van der Waals surface area contributed by atoms with Crippen LogP contribution in [0.4, 0.5) is 17.2 Å². The third-order valence-corrected chi connectivity index (χ3v) is 2.35. The molecule has 5 nitrogen and oxygen atoms in total. The molecule has 0 aliphatic heterocycles. The minimum absolute atomic E-state index is 0.0358. The average molecular weight is 301 g/mol. The molecule has 2 rings (SSSR count). The maximum atomic E-state index is 10.7. The number of benzene rings is 1. The zero-order valence-corrected chi connectivity index (χ0v) is 13.5. The molecule has 0 unspecified atom stereocenters. The minimum atomic E-state index is -0.460. The highest BCUT2D eigenvalue weighted by Crippen LogP contribution is 2.23. The van der Waals surface area contributed by atoms with Gasteiger partial charge in [-0.25, -0.2) is 4.98 Å². The van der Waals surface area contributed by atoms with Crippen LogP contribution in [0, 0.1) is 10.1 Å². The fraction of sp³-hybridized carbons (Fsp3) is 0.235. The van der Waals surface area contributed by atoms with Gasteiger partial charge in [0.2, 0.25) is 5.82 Å². The van der Waals surface area contributed by atoms with Crippen molar-refractivity contribution in [3.8, 4) is 0 Å². The highest BCUT2D eigenvalue weighted by atomic mass is 16.6. The van der Waals surface area contributed by atoms with Gasteiger partial charge >= 0.3 is 5.69 Å². The Morgan fingerprint density at radius 2 is 1.64 bits per heavy atom. The van der Waals surface area contributed by atoms with Gasteiger partial charge in [-0.15, -0.1) is 0 Å². The van der Waals surface area contributed by atoms with E-state index < -0.39 is 4.92 Å². The normalized spacial score (nSPS) is 9.09. The Morgan fingerprint density at radius 3 is 2.14 bits per heavy atom. The van der Waals surface area contributed by atoms with Crippen LogP contribution in [0.1, 0.15) is 27.7 Å². The van der Waals surface area contributed by atoms with Crippen molar-refractivity contribution in [1.82, 2.24) is 4.98 Å². The molecule has 0 aliphatic carbocycles. The lowest BCUT2D eigenvalue weighted by Crippen LogP contribution is -1.98. The minimum Gasteiger partial charge on any atom is -0.334 e. The van der Waals surface area contributed by atoms with Crippen molar-refractivity contribution in [2.45, 2.75) is 27.7 Å². The number of para-hydroxylation sites is 1. The van der Waals surface area contributed by atoms with Crippen LogP contribution in [-0.2, 0) is 0 Å². The second-order valence-electron chi connectivity index (χ2n) is 3.79. The second-order valence-corrected chi connectivity index (χ2v) is 3.79. The lowest BCUT2D eigenvalue weighted by Gasteiger charge is -2.04. The summed E-state index contributed by atoms with van der Waals surface area (Å²) in [5.74, 6) is 0.249. The number of hydrogen-bond acceptors (Lipinski definition) is 4. The molecule has 1 N–H and O–H groups in total. The van der Waals surface area contributed by atoms with Crippen molar-refractivity contribution in [1.29, 1.82) is 0 Å². The van der Waals surface area contributed by atoms with E-state index in [0.717, 1.165) is 5.69 Å². The molecule has 0 spiro atoms. The van der Waals surface area contributed by atoms with E-state index in [1.807, 2.05) is 70.2 Å². The lowest BCUT2D eigenvalue weighted by atomic mass is 10.3. The van der Waals surface area contributed by atoms with Crippen molar-refractivity contribution in [3.05, 3.63) is 70.9 Å². The molecule has 0 aliphatic rings. The van der Waals surface area contributed by atoms with Crippen molar-refractivity contribution in [2.75, 3.05) is 5.32 Å². The summed E-state index contributed by atoms with van der Waals surface area (Å²) in [5, 5.41) is 13.6. The van der Waals surface area contributed by atoms with E-state index in [2.05, 4.69) is 10.3 Å². The van der Waals surface area contributed by atoms with Gasteiger partial charge in [0.1, 0.15) is 0 Å². The van der Waals surface area contributed by atoms with Crippen LogP contribution in [0.25, 0.3) is 0 Å². The predicted octanol–water partition coefficient (Wildman–Crippen LogP) is 5.34. The number of anilines is 2. The zero-order chi connectivity index (χ0) is 16.8. The average Bonchev–Trinajstić information content (AvgIpc) is 2.58. The van der Waals surface area contributed by atoms with Gasteiger partial charge in [0.05, 0.1) is 4.92 Å². The summed E-state index contributed by atoms with van der Waals surface area (Å²) in [6, 6.07) is 12.1. The van der Waals surface area contributed by atoms with Crippen LogP contribution in [0.15, 0.2) is 60.8 Å². The SMILES string of the molecule is CC.CC=CC.O=[N+]([O-])c1cccnc1Nc1ccccc1. The molecular weight excluding hydrogens is 278 g/mol. The summed E-state index contributed by atoms with van der Waals surface area (Å²) in [7, 11) is 0. The fourth-order valence-corrected chi connectivity index (χ4v) is 1.30. The van der Waals surface area contributed by atoms with Crippen LogP contribution in [0.5, 0.6) is 0 Å². The maximum Gasteiger partial charge on any atom is 0.311 e. The molecule has 0 radical (unpaired) electrons. The molecule has 0 amide bonds. The Hall–Kier alpha value is -2.69. The number of hydrogen-bond donors (Lipinski definition) is 1. The standard InChI is InChI=1S/C11H9N3O2.C4H8.C2H6/c15-14(16)10-7-4-8-12-11(10)13-9-5-2-1-3-6-9;1-3-4-2;1-2/h1-8H,(H,12,13);3-4H,1-2H3;1-2H3. The van der Waals surface area contributed by atoms with Gasteiger partial charge in [0.15, 0.2) is 0 Å². The summed E-state index contributed by atoms with van der Waals surface area (Å²) >= 11 is 0. The van der Waals surface area contributed by atoms with Gasteiger partial charge in [-0.2, -0.15) is 0 Å². The monoisotopic (exact) mass is 301 g/mol. The van der Waals surface area contributed by atoms with E-state index in [0.29, 0.717) is 0 Å². The first kappa shape index (κ1) is 19.3. The molecule has 118 valence electrons. The third-order valence-electron chi connectivity index (χ3n) is 2.35. The highest BCUT2D eigenvalue weighted by molar-refractivity contribution is 5.64. The van der Waals surface area contributed by atoms with Crippen LogP contribution in [-0.4, -0.2) is 9.91 Å². The van der Waals surface area contributed by atoms with Gasteiger partial charge in [0, 0.05) is 18.0 Å².